The van der Waals surface area contributed by atoms with Crippen LogP contribution in [-0.4, -0.2) is 12.1 Å². The van der Waals surface area contributed by atoms with E-state index in [1.807, 2.05) is 30.3 Å². The summed E-state index contributed by atoms with van der Waals surface area (Å²) in [6, 6.07) is 16.0. The second-order valence-corrected chi connectivity index (χ2v) is 5.82. The average Bonchev–Trinajstić information content (AvgIpc) is 2.69. The van der Waals surface area contributed by atoms with Crippen molar-refractivity contribution in [1.82, 2.24) is 10.3 Å². The minimum Gasteiger partial charge on any atom is -1.00 e. The van der Waals surface area contributed by atoms with Crippen LogP contribution in [0.4, 0.5) is 4.39 Å². The number of rotatable bonds is 8. The first-order valence-electron chi connectivity index (χ1n) is 8.39. The molecule has 0 bridgehead atoms. The van der Waals surface area contributed by atoms with E-state index >= 15 is 0 Å². The highest BCUT2D eigenvalue weighted by atomic mass is 35.5. The second-order valence-electron chi connectivity index (χ2n) is 5.82. The van der Waals surface area contributed by atoms with Crippen molar-refractivity contribution < 1.29 is 26.3 Å². The molecule has 0 radical (unpaired) electrons. The van der Waals surface area contributed by atoms with E-state index in [2.05, 4.69) is 10.3 Å². The molecule has 0 aliphatic carbocycles. The van der Waals surface area contributed by atoms with Gasteiger partial charge in [0.25, 0.3) is 0 Å². The molecule has 0 unspecified atom stereocenters. The molecule has 142 valence electrons. The van der Waals surface area contributed by atoms with E-state index in [9.17, 15) is 4.39 Å². The van der Waals surface area contributed by atoms with E-state index < -0.39 is 0 Å². The van der Waals surface area contributed by atoms with Gasteiger partial charge in [-0.3, -0.25) is 4.98 Å². The largest absolute Gasteiger partial charge is 1.00 e. The highest BCUT2D eigenvalue weighted by Crippen LogP contribution is 2.31. The Balaban J connectivity index is 0.00000261. The molecule has 3 rings (SSSR count). The lowest BCUT2D eigenvalue weighted by Crippen LogP contribution is -3.00. The Bertz CT molecular complexity index is 829. The number of nitrogens with one attached hydrogen (secondary N) is 1. The van der Waals surface area contributed by atoms with E-state index in [1.54, 1.807) is 31.6 Å². The molecule has 4 nitrogen and oxygen atoms in total. The molecule has 0 saturated carbocycles. The maximum Gasteiger partial charge on any atom is 0.166 e. The molecule has 1 heterocycles. The predicted molar refractivity (Wildman–Crippen MR) is 98.5 cm³/mol. The molecule has 0 atom stereocenters. The van der Waals surface area contributed by atoms with E-state index in [-0.39, 0.29) is 18.2 Å². The SMILES string of the molecule is COc1cccc(CNCc2ccncc2)c1OCc1ccc(F)cc1.[Cl-]. The summed E-state index contributed by atoms with van der Waals surface area (Å²) in [5, 5.41) is 3.40. The summed E-state index contributed by atoms with van der Waals surface area (Å²) >= 11 is 0. The minimum absolute atomic E-state index is 0. The number of benzene rings is 2. The van der Waals surface area contributed by atoms with Crippen molar-refractivity contribution in [2.75, 3.05) is 7.11 Å². The van der Waals surface area contributed by atoms with Crippen LogP contribution in [0.5, 0.6) is 11.5 Å². The van der Waals surface area contributed by atoms with Crippen molar-refractivity contribution in [2.45, 2.75) is 19.7 Å². The van der Waals surface area contributed by atoms with Gasteiger partial charge < -0.3 is 27.2 Å². The molecule has 0 saturated heterocycles. The fraction of sp³-hybridized carbons (Fsp3) is 0.190. The van der Waals surface area contributed by atoms with Crippen LogP contribution in [0.25, 0.3) is 0 Å². The number of halogens is 2. The fourth-order valence-corrected chi connectivity index (χ4v) is 2.60. The highest BCUT2D eigenvalue weighted by Gasteiger charge is 2.11. The minimum atomic E-state index is -0.257. The standard InChI is InChI=1S/C21H21FN2O2.ClH/c1-25-20-4-2-3-18(14-24-13-16-9-11-23-12-10-16)21(20)26-15-17-5-7-19(22)8-6-17;/h2-12,24H,13-15H2,1H3;1H/p-1. The first-order valence-corrected chi connectivity index (χ1v) is 8.39. The zero-order valence-corrected chi connectivity index (χ0v) is 15.7. The third-order valence-corrected chi connectivity index (χ3v) is 3.97. The van der Waals surface area contributed by atoms with Crippen molar-refractivity contribution in [3.05, 3.63) is 89.5 Å². The normalized spacial score (nSPS) is 10.1. The number of ether oxygens (including phenoxy) is 2. The molecule has 27 heavy (non-hydrogen) atoms. The summed E-state index contributed by atoms with van der Waals surface area (Å²) in [6.07, 6.45) is 3.56. The Morgan fingerprint density at radius 1 is 0.926 bits per heavy atom. The molecule has 6 heteroatoms. The third-order valence-electron chi connectivity index (χ3n) is 3.97. The molecule has 3 aromatic rings. The van der Waals surface area contributed by atoms with Crippen LogP contribution < -0.4 is 27.2 Å². The van der Waals surface area contributed by atoms with Crippen molar-refractivity contribution in [1.29, 1.82) is 0 Å². The van der Waals surface area contributed by atoms with E-state index in [0.717, 1.165) is 23.2 Å². The van der Waals surface area contributed by atoms with E-state index in [4.69, 9.17) is 9.47 Å². The van der Waals surface area contributed by atoms with Gasteiger partial charge in [-0.05, 0) is 41.5 Å². The summed E-state index contributed by atoms with van der Waals surface area (Å²) in [5.41, 5.74) is 3.06. The summed E-state index contributed by atoms with van der Waals surface area (Å²) in [4.78, 5) is 4.02. The molecule has 0 aliphatic rings. The predicted octanol–water partition coefficient (Wildman–Crippen LogP) is 1.10. The number of aromatic nitrogens is 1. The topological polar surface area (TPSA) is 43.4 Å². The number of pyridine rings is 1. The van der Waals surface area contributed by atoms with Crippen molar-refractivity contribution >= 4 is 0 Å². The lowest BCUT2D eigenvalue weighted by atomic mass is 10.1. The van der Waals surface area contributed by atoms with Crippen LogP contribution in [0.3, 0.4) is 0 Å². The van der Waals surface area contributed by atoms with Crippen LogP contribution in [0.15, 0.2) is 67.0 Å². The Hall–Kier alpha value is -2.63. The summed E-state index contributed by atoms with van der Waals surface area (Å²) in [7, 11) is 1.62. The molecule has 0 spiro atoms. The zero-order chi connectivity index (χ0) is 18.2. The van der Waals surface area contributed by atoms with Crippen molar-refractivity contribution in [3.8, 4) is 11.5 Å². The Kier molecular flexibility index (Phi) is 8.04. The summed E-state index contributed by atoms with van der Waals surface area (Å²) in [5.74, 6) is 1.11. The Morgan fingerprint density at radius 2 is 1.67 bits per heavy atom. The van der Waals surface area contributed by atoms with Gasteiger partial charge in [-0.2, -0.15) is 0 Å². The number of nitrogens with zero attached hydrogens (tertiary/aromatic N) is 1. The quantitative estimate of drug-likeness (QED) is 0.628. The van der Waals surface area contributed by atoms with E-state index in [0.29, 0.717) is 24.7 Å². The van der Waals surface area contributed by atoms with Gasteiger partial charge in [-0.25, -0.2) is 4.39 Å². The van der Waals surface area contributed by atoms with Gasteiger partial charge in [0.2, 0.25) is 0 Å². The van der Waals surface area contributed by atoms with Crippen LogP contribution in [-0.2, 0) is 19.7 Å². The average molecular weight is 388 g/mol. The fourth-order valence-electron chi connectivity index (χ4n) is 2.60. The lowest BCUT2D eigenvalue weighted by molar-refractivity contribution is -0.00000648. The van der Waals surface area contributed by atoms with Gasteiger partial charge >= 0.3 is 0 Å². The summed E-state index contributed by atoms with van der Waals surface area (Å²) in [6.45, 7) is 1.72. The number of para-hydroxylation sites is 1. The van der Waals surface area contributed by atoms with Crippen molar-refractivity contribution in [2.24, 2.45) is 0 Å². The van der Waals surface area contributed by atoms with Gasteiger partial charge in [0.15, 0.2) is 11.5 Å². The van der Waals surface area contributed by atoms with Crippen LogP contribution in [0.1, 0.15) is 16.7 Å². The number of methoxy groups -OCH3 is 1. The lowest BCUT2D eigenvalue weighted by Gasteiger charge is -2.16. The van der Waals surface area contributed by atoms with Crippen LogP contribution in [0, 0.1) is 5.82 Å². The molecule has 1 N–H and O–H groups in total. The van der Waals surface area contributed by atoms with Crippen molar-refractivity contribution in [3.63, 3.8) is 0 Å². The Morgan fingerprint density at radius 3 is 2.37 bits per heavy atom. The molecular formula is C21H21ClFN2O2-. The molecule has 0 aliphatic heterocycles. The third kappa shape index (κ3) is 5.94. The molecule has 1 aromatic heterocycles. The van der Waals surface area contributed by atoms with Gasteiger partial charge in [0, 0.05) is 31.0 Å². The molecule has 0 amide bonds. The number of hydrogen-bond acceptors (Lipinski definition) is 4. The molecule has 2 aromatic carbocycles. The monoisotopic (exact) mass is 387 g/mol. The van der Waals surface area contributed by atoms with Crippen LogP contribution in [0.2, 0.25) is 0 Å². The van der Waals surface area contributed by atoms with Gasteiger partial charge in [0.05, 0.1) is 7.11 Å². The first kappa shape index (κ1) is 20.7. The maximum absolute atomic E-state index is 13.0. The first-order chi connectivity index (χ1) is 12.8. The van der Waals surface area contributed by atoms with Gasteiger partial charge in [-0.15, -0.1) is 0 Å². The molecular weight excluding hydrogens is 367 g/mol. The number of hydrogen-bond donors (Lipinski definition) is 1. The zero-order valence-electron chi connectivity index (χ0n) is 15.0. The van der Waals surface area contributed by atoms with E-state index in [1.165, 1.54) is 12.1 Å². The van der Waals surface area contributed by atoms with Crippen LogP contribution >= 0.6 is 0 Å². The van der Waals surface area contributed by atoms with Gasteiger partial charge in [0.1, 0.15) is 12.4 Å². The molecule has 0 fully saturated rings. The maximum atomic E-state index is 13.0. The summed E-state index contributed by atoms with van der Waals surface area (Å²) < 4.78 is 24.5. The second kappa shape index (κ2) is 10.5. The smallest absolute Gasteiger partial charge is 0.166 e. The van der Waals surface area contributed by atoms with Gasteiger partial charge in [-0.1, -0.05) is 24.3 Å². The Labute approximate surface area is 164 Å². The highest BCUT2D eigenvalue weighted by molar-refractivity contribution is 5.46.